The molecule has 0 heterocycles. The second kappa shape index (κ2) is 18.5. The molecule has 8 aliphatic rings. The summed E-state index contributed by atoms with van der Waals surface area (Å²) in [5, 5.41) is 11.7. The van der Waals surface area contributed by atoms with Crippen LogP contribution in [0.25, 0.3) is 0 Å². The minimum absolute atomic E-state index is 0.548. The Kier molecular flexibility index (Phi) is 13.1. The predicted octanol–water partition coefficient (Wildman–Crippen LogP) is 13.5. The van der Waals surface area contributed by atoms with Crippen LogP contribution < -0.4 is 5.32 Å². The van der Waals surface area contributed by atoms with Crippen molar-refractivity contribution in [2.75, 3.05) is 6.54 Å². The molecule has 0 bridgehead atoms. The van der Waals surface area contributed by atoms with E-state index in [2.05, 4.69) is 91.2 Å². The van der Waals surface area contributed by atoms with Gasteiger partial charge in [0.2, 0.25) is 0 Å². The molecule has 290 valence electrons. The molecule has 0 aliphatic heterocycles. The number of allylic oxidation sites excluding steroid dienone is 16. The number of fused-ring (bicyclic) bond motifs is 3. The molecule has 2 N–H and O–H groups in total. The Hall–Kier alpha value is -2.71. The maximum absolute atomic E-state index is 7.40. The zero-order valence-electron chi connectivity index (χ0n) is 33.8. The molecule has 54 heavy (non-hydrogen) atoms. The zero-order chi connectivity index (χ0) is 36.7. The molecule has 0 radical (unpaired) electrons. The molecule has 11 atom stereocenters. The van der Waals surface area contributed by atoms with E-state index in [0.717, 1.165) is 37.1 Å². The largest absolute Gasteiger partial charge is 0.313 e. The SMILES string of the molecule is CCC(C1=CC=C(C2CC3=C(CCCC3)C3C=CC=CC32)CC1)C1CCC=CC1C(CNC1C=CCC2CCCC[C@H]21)C1=CCC(/C=C/CCC=N)CC1. The fraction of sp³-hybridized carbons (Fsp3) is 0.635. The molecule has 0 spiro atoms. The highest BCUT2D eigenvalue weighted by atomic mass is 14.9. The Labute approximate surface area is 329 Å². The van der Waals surface area contributed by atoms with Crippen LogP contribution >= 0.6 is 0 Å². The van der Waals surface area contributed by atoms with Gasteiger partial charge in [0.05, 0.1) is 0 Å². The first kappa shape index (κ1) is 38.2. The first-order chi connectivity index (χ1) is 26.7. The summed E-state index contributed by atoms with van der Waals surface area (Å²) in [4.78, 5) is 0. The standard InChI is InChI=1S/C52H72N2/c1-2-43(39-30-32-40(33-31-39)50-35-42-17-6-7-19-44(42)47-22-10-11-23-48(47)50)46-21-9-12-24-49(46)51(41-28-26-37(27-29-41)15-4-3-13-34-53)36-54-52-25-14-18-38-16-5-8-20-45(38)52/h4,10-12,14-15,22-25,28,30,32,34,37-38,43,45-54H,2-3,5-9,13,16-21,26-27,29,31,33,35-36H2,1H3/b15-4+,53-34?/t37?,38?,43?,45-,46?,47?,48?,49?,50?,51?,52?/m1/s1. The molecule has 0 amide bonds. The van der Waals surface area contributed by atoms with Gasteiger partial charge in [-0.1, -0.05) is 127 Å². The Morgan fingerprint density at radius 3 is 2.57 bits per heavy atom. The summed E-state index contributed by atoms with van der Waals surface area (Å²) in [6, 6.07) is 0.548. The van der Waals surface area contributed by atoms with Gasteiger partial charge in [0.1, 0.15) is 0 Å². The summed E-state index contributed by atoms with van der Waals surface area (Å²) < 4.78 is 0. The van der Waals surface area contributed by atoms with Crippen molar-refractivity contribution in [1.29, 1.82) is 5.41 Å². The van der Waals surface area contributed by atoms with Gasteiger partial charge in [-0.25, -0.2) is 0 Å². The quantitative estimate of drug-likeness (QED) is 0.111. The lowest BCUT2D eigenvalue weighted by atomic mass is 9.61. The minimum Gasteiger partial charge on any atom is -0.313 e. The monoisotopic (exact) mass is 725 g/mol. The van der Waals surface area contributed by atoms with E-state index in [1.165, 1.54) is 116 Å². The molecule has 0 aromatic carbocycles. The zero-order valence-corrected chi connectivity index (χ0v) is 33.8. The van der Waals surface area contributed by atoms with E-state index in [0.29, 0.717) is 47.5 Å². The van der Waals surface area contributed by atoms with Gasteiger partial charge in [0.25, 0.3) is 0 Å². The van der Waals surface area contributed by atoms with Crippen molar-refractivity contribution in [2.45, 2.75) is 141 Å². The van der Waals surface area contributed by atoms with Crippen LogP contribution in [0.4, 0.5) is 0 Å². The molecule has 0 aromatic rings. The van der Waals surface area contributed by atoms with E-state index in [9.17, 15) is 0 Å². The van der Waals surface area contributed by atoms with Crippen molar-refractivity contribution >= 4 is 6.21 Å². The Morgan fingerprint density at radius 1 is 0.815 bits per heavy atom. The van der Waals surface area contributed by atoms with E-state index in [4.69, 9.17) is 5.41 Å². The third-order valence-corrected chi connectivity index (χ3v) is 15.9. The molecular formula is C52H72N2. The average molecular weight is 725 g/mol. The molecule has 1 fully saturated rings. The summed E-state index contributed by atoms with van der Waals surface area (Å²) in [6.45, 7) is 3.62. The second-order valence-electron chi connectivity index (χ2n) is 18.7. The van der Waals surface area contributed by atoms with E-state index in [-0.39, 0.29) is 0 Å². The first-order valence-corrected chi connectivity index (χ1v) is 23.1. The fourth-order valence-corrected chi connectivity index (χ4v) is 13.1. The van der Waals surface area contributed by atoms with Crippen molar-refractivity contribution in [3.05, 3.63) is 107 Å². The smallest absolute Gasteiger partial charge is 0.0281 e. The molecule has 2 heteroatoms. The van der Waals surface area contributed by atoms with Crippen LogP contribution in [-0.2, 0) is 0 Å². The van der Waals surface area contributed by atoms with E-state index in [1.807, 2.05) is 11.1 Å². The van der Waals surface area contributed by atoms with Gasteiger partial charge in [-0.2, -0.15) is 0 Å². The van der Waals surface area contributed by atoms with Crippen molar-refractivity contribution in [1.82, 2.24) is 5.32 Å². The molecule has 8 aliphatic carbocycles. The van der Waals surface area contributed by atoms with Gasteiger partial charge in [0, 0.05) is 18.5 Å². The van der Waals surface area contributed by atoms with Crippen LogP contribution in [-0.4, -0.2) is 18.8 Å². The van der Waals surface area contributed by atoms with E-state index >= 15 is 0 Å². The van der Waals surface area contributed by atoms with Gasteiger partial charge in [-0.3, -0.25) is 0 Å². The normalized spacial score (nSPS) is 36.1. The van der Waals surface area contributed by atoms with Crippen LogP contribution in [0.5, 0.6) is 0 Å². The molecule has 10 unspecified atom stereocenters. The third kappa shape index (κ3) is 8.50. The summed E-state index contributed by atoms with van der Waals surface area (Å²) in [5.41, 5.74) is 8.91. The van der Waals surface area contributed by atoms with Gasteiger partial charge < -0.3 is 10.7 Å². The summed E-state index contributed by atoms with van der Waals surface area (Å²) in [6.07, 6.45) is 60.3. The maximum Gasteiger partial charge on any atom is 0.0281 e. The molecule has 8 rings (SSSR count). The Bertz CT molecular complexity index is 1590. The molecular weight excluding hydrogens is 653 g/mol. The summed E-state index contributed by atoms with van der Waals surface area (Å²) in [5.74, 6) is 6.98. The lowest BCUT2D eigenvalue weighted by Crippen LogP contribution is -2.45. The molecule has 2 nitrogen and oxygen atoms in total. The molecule has 1 saturated carbocycles. The van der Waals surface area contributed by atoms with Crippen LogP contribution in [0.1, 0.15) is 135 Å². The van der Waals surface area contributed by atoms with Crippen molar-refractivity contribution in [3.63, 3.8) is 0 Å². The Morgan fingerprint density at radius 2 is 1.72 bits per heavy atom. The maximum atomic E-state index is 7.40. The van der Waals surface area contributed by atoms with Gasteiger partial charge in [-0.15, -0.1) is 0 Å². The average Bonchev–Trinajstić information content (AvgIpc) is 3.24. The highest BCUT2D eigenvalue weighted by Crippen LogP contribution is 2.52. The number of hydrogen-bond donors (Lipinski definition) is 2. The number of nitrogens with one attached hydrogen (secondary N) is 2. The van der Waals surface area contributed by atoms with Crippen LogP contribution in [0.3, 0.4) is 0 Å². The number of unbranched alkanes of at least 4 members (excludes halogenated alkanes) is 1. The highest BCUT2D eigenvalue weighted by Gasteiger charge is 2.41. The Balaban J connectivity index is 1.02. The number of hydrogen-bond acceptors (Lipinski definition) is 2. The summed E-state index contributed by atoms with van der Waals surface area (Å²) in [7, 11) is 0. The highest BCUT2D eigenvalue weighted by molar-refractivity contribution is 5.52. The fourth-order valence-electron chi connectivity index (χ4n) is 13.1. The molecule has 0 aromatic heterocycles. The minimum atomic E-state index is 0.548. The van der Waals surface area contributed by atoms with Gasteiger partial charge in [0.15, 0.2) is 0 Å². The predicted molar refractivity (Wildman–Crippen MR) is 230 cm³/mol. The van der Waals surface area contributed by atoms with E-state index in [1.54, 1.807) is 22.9 Å². The first-order valence-electron chi connectivity index (χ1n) is 23.1. The van der Waals surface area contributed by atoms with Gasteiger partial charge in [-0.05, 0) is 175 Å². The van der Waals surface area contributed by atoms with Gasteiger partial charge >= 0.3 is 0 Å². The molecule has 0 saturated heterocycles. The second-order valence-corrected chi connectivity index (χ2v) is 18.7. The van der Waals surface area contributed by atoms with E-state index < -0.39 is 0 Å². The lowest BCUT2D eigenvalue weighted by molar-refractivity contribution is 0.171. The number of rotatable bonds is 13. The third-order valence-electron chi connectivity index (χ3n) is 15.9. The van der Waals surface area contributed by atoms with Crippen LogP contribution in [0.15, 0.2) is 107 Å². The topological polar surface area (TPSA) is 35.9 Å². The van der Waals surface area contributed by atoms with Crippen molar-refractivity contribution in [3.8, 4) is 0 Å². The van der Waals surface area contributed by atoms with Crippen molar-refractivity contribution < 1.29 is 0 Å². The lowest BCUT2D eigenvalue weighted by Gasteiger charge is -2.44. The van der Waals surface area contributed by atoms with Crippen LogP contribution in [0.2, 0.25) is 0 Å². The summed E-state index contributed by atoms with van der Waals surface area (Å²) >= 11 is 0. The van der Waals surface area contributed by atoms with Crippen molar-refractivity contribution in [2.24, 2.45) is 59.2 Å². The van der Waals surface area contributed by atoms with Crippen LogP contribution in [0, 0.1) is 64.6 Å².